The highest BCUT2D eigenvalue weighted by Gasteiger charge is 2.26. The molecule has 0 radical (unpaired) electrons. The van der Waals surface area contributed by atoms with Gasteiger partial charge in [-0.25, -0.2) is 4.39 Å². The van der Waals surface area contributed by atoms with Crippen LogP contribution in [0.4, 0.5) is 4.39 Å². The predicted molar refractivity (Wildman–Crippen MR) is 64.1 cm³/mol. The molecule has 1 aromatic carbocycles. The molecule has 0 saturated carbocycles. The van der Waals surface area contributed by atoms with Crippen molar-refractivity contribution in [2.45, 2.75) is 19.5 Å². The van der Waals surface area contributed by atoms with Gasteiger partial charge < -0.3 is 9.47 Å². The van der Waals surface area contributed by atoms with Gasteiger partial charge in [-0.2, -0.15) is 0 Å². The molecule has 4 nitrogen and oxygen atoms in total. The van der Waals surface area contributed by atoms with E-state index >= 15 is 0 Å². The molecule has 0 aliphatic heterocycles. The number of carbonyl (C=O) groups excluding carboxylic acids is 2. The van der Waals surface area contributed by atoms with E-state index in [1.807, 2.05) is 0 Å². The van der Waals surface area contributed by atoms with Crippen molar-refractivity contribution >= 4 is 11.6 Å². The fourth-order valence-electron chi connectivity index (χ4n) is 1.46. The molecule has 0 saturated heterocycles. The number of methoxy groups -OCH3 is 2. The minimum Gasteiger partial charge on any atom is -0.493 e. The van der Waals surface area contributed by atoms with E-state index in [1.54, 1.807) is 0 Å². The number of Topliss-reactive ketones (excluding diaryl/α,β-unsaturated/α-hetero) is 2. The quantitative estimate of drug-likeness (QED) is 0.577. The Morgan fingerprint density at radius 1 is 1.22 bits per heavy atom. The van der Waals surface area contributed by atoms with Crippen molar-refractivity contribution in [3.05, 3.63) is 23.8 Å². The first-order chi connectivity index (χ1) is 8.54. The van der Waals surface area contributed by atoms with Gasteiger partial charge >= 0.3 is 0 Å². The molecule has 1 unspecified atom stereocenters. The summed E-state index contributed by atoms with van der Waals surface area (Å²) in [6.07, 6.45) is -2.13. The zero-order valence-corrected chi connectivity index (χ0v) is 10.5. The summed E-state index contributed by atoms with van der Waals surface area (Å²) >= 11 is 0. The molecule has 5 heteroatoms. The maximum Gasteiger partial charge on any atom is 0.220 e. The second-order valence-corrected chi connectivity index (χ2v) is 3.62. The van der Waals surface area contributed by atoms with Crippen molar-refractivity contribution < 1.29 is 23.5 Å². The highest BCUT2D eigenvalue weighted by molar-refractivity contribution is 6.13. The lowest BCUT2D eigenvalue weighted by Gasteiger charge is -2.10. The summed E-state index contributed by atoms with van der Waals surface area (Å²) in [6.45, 7) is 1.51. The SMILES string of the molecule is CCC(=O)C(F)C(=O)c1ccc(OC)c(OC)c1. The summed E-state index contributed by atoms with van der Waals surface area (Å²) in [5, 5.41) is 0. The van der Waals surface area contributed by atoms with Gasteiger partial charge in [0, 0.05) is 12.0 Å². The molecule has 0 bridgehead atoms. The van der Waals surface area contributed by atoms with E-state index in [-0.39, 0.29) is 12.0 Å². The van der Waals surface area contributed by atoms with Gasteiger partial charge in [0.05, 0.1) is 14.2 Å². The maximum atomic E-state index is 13.5. The van der Waals surface area contributed by atoms with Crippen molar-refractivity contribution in [3.8, 4) is 11.5 Å². The molecular weight excluding hydrogens is 239 g/mol. The third-order valence-corrected chi connectivity index (χ3v) is 2.53. The van der Waals surface area contributed by atoms with Gasteiger partial charge in [0.15, 0.2) is 17.3 Å². The Morgan fingerprint density at radius 3 is 2.33 bits per heavy atom. The summed E-state index contributed by atoms with van der Waals surface area (Å²) in [4.78, 5) is 22.9. The Balaban J connectivity index is 3.03. The standard InChI is InChI=1S/C13H15FO4/c1-4-9(15)12(14)13(16)8-5-6-10(17-2)11(7-8)18-3/h5-7,12H,4H2,1-3H3. The zero-order valence-electron chi connectivity index (χ0n) is 10.5. The number of halogens is 1. The van der Waals surface area contributed by atoms with Crippen LogP contribution in [0.5, 0.6) is 11.5 Å². The molecule has 1 aromatic rings. The van der Waals surface area contributed by atoms with Crippen LogP contribution in [-0.2, 0) is 4.79 Å². The first-order valence-electron chi connectivity index (χ1n) is 5.48. The Hall–Kier alpha value is -1.91. The predicted octanol–water partition coefficient (Wildman–Crippen LogP) is 2.20. The van der Waals surface area contributed by atoms with Crippen LogP contribution in [0, 0.1) is 0 Å². The van der Waals surface area contributed by atoms with Gasteiger partial charge in [0.1, 0.15) is 0 Å². The summed E-state index contributed by atoms with van der Waals surface area (Å²) in [7, 11) is 2.87. The Morgan fingerprint density at radius 2 is 1.83 bits per heavy atom. The van der Waals surface area contributed by atoms with Gasteiger partial charge in [-0.05, 0) is 18.2 Å². The minimum absolute atomic E-state index is 0.0137. The fourth-order valence-corrected chi connectivity index (χ4v) is 1.46. The smallest absolute Gasteiger partial charge is 0.220 e. The van der Waals surface area contributed by atoms with Gasteiger partial charge in [-0.1, -0.05) is 6.92 Å². The van der Waals surface area contributed by atoms with Crippen LogP contribution in [-0.4, -0.2) is 32.0 Å². The molecule has 0 aliphatic rings. The molecule has 98 valence electrons. The zero-order chi connectivity index (χ0) is 13.7. The summed E-state index contributed by atoms with van der Waals surface area (Å²) in [6, 6.07) is 4.26. The third kappa shape index (κ3) is 2.85. The molecule has 0 N–H and O–H groups in total. The van der Waals surface area contributed by atoms with E-state index in [2.05, 4.69) is 0 Å². The highest BCUT2D eigenvalue weighted by atomic mass is 19.1. The molecule has 0 heterocycles. The van der Waals surface area contributed by atoms with Crippen molar-refractivity contribution in [3.63, 3.8) is 0 Å². The lowest BCUT2D eigenvalue weighted by Crippen LogP contribution is -2.25. The number of hydrogen-bond acceptors (Lipinski definition) is 4. The van der Waals surface area contributed by atoms with Crippen LogP contribution in [0.2, 0.25) is 0 Å². The van der Waals surface area contributed by atoms with Crippen LogP contribution in [0.3, 0.4) is 0 Å². The van der Waals surface area contributed by atoms with E-state index in [0.29, 0.717) is 11.5 Å². The maximum absolute atomic E-state index is 13.5. The summed E-state index contributed by atoms with van der Waals surface area (Å²) in [5.74, 6) is -0.830. The summed E-state index contributed by atoms with van der Waals surface area (Å²) < 4.78 is 23.5. The molecule has 0 spiro atoms. The Bertz CT molecular complexity index is 456. The third-order valence-electron chi connectivity index (χ3n) is 2.53. The number of hydrogen-bond donors (Lipinski definition) is 0. The topological polar surface area (TPSA) is 52.6 Å². The number of rotatable bonds is 6. The molecule has 0 aliphatic carbocycles. The lowest BCUT2D eigenvalue weighted by atomic mass is 10.0. The van der Waals surface area contributed by atoms with E-state index < -0.39 is 17.7 Å². The molecule has 0 amide bonds. The van der Waals surface area contributed by atoms with Crippen LogP contribution in [0.15, 0.2) is 18.2 Å². The van der Waals surface area contributed by atoms with Crippen molar-refractivity contribution in [2.24, 2.45) is 0 Å². The second-order valence-electron chi connectivity index (χ2n) is 3.62. The van der Waals surface area contributed by atoms with Crippen LogP contribution in [0.25, 0.3) is 0 Å². The van der Waals surface area contributed by atoms with E-state index in [1.165, 1.54) is 39.3 Å². The largest absolute Gasteiger partial charge is 0.493 e. The van der Waals surface area contributed by atoms with Crippen molar-refractivity contribution in [1.29, 1.82) is 0 Å². The van der Waals surface area contributed by atoms with Gasteiger partial charge in [0.2, 0.25) is 12.0 Å². The first-order valence-corrected chi connectivity index (χ1v) is 5.48. The molecule has 18 heavy (non-hydrogen) atoms. The van der Waals surface area contributed by atoms with Crippen molar-refractivity contribution in [2.75, 3.05) is 14.2 Å². The number of alkyl halides is 1. The molecule has 0 fully saturated rings. The first kappa shape index (κ1) is 14.2. The van der Waals surface area contributed by atoms with Crippen molar-refractivity contribution in [1.82, 2.24) is 0 Å². The van der Waals surface area contributed by atoms with Crippen LogP contribution < -0.4 is 9.47 Å². The van der Waals surface area contributed by atoms with Gasteiger partial charge in [0.25, 0.3) is 0 Å². The molecule has 0 aromatic heterocycles. The average molecular weight is 254 g/mol. The molecule has 1 rings (SSSR count). The monoisotopic (exact) mass is 254 g/mol. The van der Waals surface area contributed by atoms with Gasteiger partial charge in [-0.15, -0.1) is 0 Å². The normalized spacial score (nSPS) is 11.8. The van der Waals surface area contributed by atoms with Gasteiger partial charge in [-0.3, -0.25) is 9.59 Å². The van der Waals surface area contributed by atoms with E-state index in [9.17, 15) is 14.0 Å². The second kappa shape index (κ2) is 6.14. The molecule has 1 atom stereocenters. The van der Waals surface area contributed by atoms with E-state index in [0.717, 1.165) is 0 Å². The lowest BCUT2D eigenvalue weighted by molar-refractivity contribution is -0.121. The highest BCUT2D eigenvalue weighted by Crippen LogP contribution is 2.28. The number of carbonyl (C=O) groups is 2. The number of benzene rings is 1. The Kier molecular flexibility index (Phi) is 4.83. The number of ether oxygens (including phenoxy) is 2. The van der Waals surface area contributed by atoms with Crippen LogP contribution in [0.1, 0.15) is 23.7 Å². The van der Waals surface area contributed by atoms with E-state index in [4.69, 9.17) is 9.47 Å². The fraction of sp³-hybridized carbons (Fsp3) is 0.385. The summed E-state index contributed by atoms with van der Waals surface area (Å²) in [5.41, 5.74) is 0.0851. The van der Waals surface area contributed by atoms with Crippen LogP contribution >= 0.6 is 0 Å². The number of ketones is 2. The minimum atomic E-state index is -2.12. The average Bonchev–Trinajstić information content (AvgIpc) is 2.43. The Labute approximate surface area is 105 Å². The molecular formula is C13H15FO4.